The van der Waals surface area contributed by atoms with E-state index in [9.17, 15) is 4.79 Å². The first-order valence-electron chi connectivity index (χ1n) is 7.61. The van der Waals surface area contributed by atoms with Crippen LogP contribution in [0.3, 0.4) is 0 Å². The van der Waals surface area contributed by atoms with E-state index in [0.29, 0.717) is 5.89 Å². The van der Waals surface area contributed by atoms with Gasteiger partial charge in [0.1, 0.15) is 0 Å². The van der Waals surface area contributed by atoms with Crippen molar-refractivity contribution in [1.29, 1.82) is 0 Å². The molecule has 0 aliphatic heterocycles. The van der Waals surface area contributed by atoms with Crippen molar-refractivity contribution in [2.45, 2.75) is 19.8 Å². The number of aromatic nitrogens is 2. The summed E-state index contributed by atoms with van der Waals surface area (Å²) in [7, 11) is 0. The van der Waals surface area contributed by atoms with Crippen molar-refractivity contribution in [1.82, 2.24) is 10.2 Å². The number of halogens is 1. The number of nitrogens with zero attached hydrogens (tertiary/aromatic N) is 2. The summed E-state index contributed by atoms with van der Waals surface area (Å²) in [5.41, 5.74) is 2.98. The number of nitrogens with one attached hydrogen (secondary N) is 1. The van der Waals surface area contributed by atoms with E-state index in [-0.39, 0.29) is 18.3 Å². The summed E-state index contributed by atoms with van der Waals surface area (Å²) in [4.78, 5) is 12.1. The van der Waals surface area contributed by atoms with Crippen molar-refractivity contribution in [2.24, 2.45) is 0 Å². The van der Waals surface area contributed by atoms with Gasteiger partial charge in [0.25, 0.3) is 0 Å². The second-order valence-corrected chi connectivity index (χ2v) is 6.23. The number of carbonyl (C=O) groups excluding carboxylic acids is 1. The molecule has 1 N–H and O–H groups in total. The summed E-state index contributed by atoms with van der Waals surface area (Å²) in [5, 5.41) is 10.4. The molecule has 2 aromatic carbocycles. The lowest BCUT2D eigenvalue weighted by atomic mass is 10.1. The average molecular weight is 386 g/mol. The highest BCUT2D eigenvalue weighted by molar-refractivity contribution is 9.10. The minimum atomic E-state index is -0.190. The van der Waals surface area contributed by atoms with Gasteiger partial charge in [-0.25, -0.2) is 0 Å². The Morgan fingerprint density at radius 1 is 1.04 bits per heavy atom. The van der Waals surface area contributed by atoms with Gasteiger partial charge in [0.05, 0.1) is 6.42 Å². The van der Waals surface area contributed by atoms with Gasteiger partial charge in [-0.15, -0.1) is 5.10 Å². The van der Waals surface area contributed by atoms with E-state index in [0.717, 1.165) is 22.0 Å². The van der Waals surface area contributed by atoms with Crippen molar-refractivity contribution in [3.63, 3.8) is 0 Å². The molecule has 1 amide bonds. The highest BCUT2D eigenvalue weighted by Gasteiger charge is 2.11. The first-order valence-corrected chi connectivity index (χ1v) is 8.40. The fourth-order valence-electron chi connectivity index (χ4n) is 2.22. The normalized spacial score (nSPS) is 10.6. The Bertz CT molecular complexity index is 826. The average Bonchev–Trinajstić information content (AvgIpc) is 3.04. The van der Waals surface area contributed by atoms with Crippen molar-refractivity contribution in [3.8, 4) is 11.5 Å². The minimum absolute atomic E-state index is 0.100. The van der Waals surface area contributed by atoms with Gasteiger partial charge >= 0.3 is 6.01 Å². The maximum Gasteiger partial charge on any atom is 0.322 e. The summed E-state index contributed by atoms with van der Waals surface area (Å²) < 4.78 is 6.45. The summed E-state index contributed by atoms with van der Waals surface area (Å²) >= 11 is 3.37. The summed E-state index contributed by atoms with van der Waals surface area (Å²) in [6.07, 6.45) is 1.24. The highest BCUT2D eigenvalue weighted by Crippen LogP contribution is 2.22. The van der Waals surface area contributed by atoms with Crippen LogP contribution in [0.4, 0.5) is 6.01 Å². The molecular weight excluding hydrogens is 370 g/mol. The number of aryl methyl sites for hydroxylation is 1. The smallest absolute Gasteiger partial charge is 0.322 e. The fraction of sp³-hybridized carbons (Fsp3) is 0.167. The Labute approximate surface area is 148 Å². The van der Waals surface area contributed by atoms with Crippen LogP contribution in [-0.2, 0) is 17.6 Å². The van der Waals surface area contributed by atoms with E-state index >= 15 is 0 Å². The van der Waals surface area contributed by atoms with Gasteiger partial charge in [-0.2, -0.15) is 0 Å². The zero-order valence-electron chi connectivity index (χ0n) is 13.1. The number of rotatable bonds is 5. The molecule has 3 rings (SSSR count). The van der Waals surface area contributed by atoms with Crippen LogP contribution in [0.25, 0.3) is 11.5 Å². The van der Waals surface area contributed by atoms with Crippen molar-refractivity contribution in [2.75, 3.05) is 5.32 Å². The Morgan fingerprint density at radius 2 is 1.71 bits per heavy atom. The largest absolute Gasteiger partial charge is 0.403 e. The summed E-state index contributed by atoms with van der Waals surface area (Å²) in [6.45, 7) is 2.10. The van der Waals surface area contributed by atoms with Gasteiger partial charge in [0, 0.05) is 10.0 Å². The number of carbonyl (C=O) groups is 1. The number of amides is 1. The quantitative estimate of drug-likeness (QED) is 0.712. The molecule has 122 valence electrons. The summed E-state index contributed by atoms with van der Waals surface area (Å²) in [6, 6.07) is 15.6. The Hall–Kier alpha value is -2.47. The van der Waals surface area contributed by atoms with Crippen molar-refractivity contribution in [3.05, 3.63) is 64.1 Å². The van der Waals surface area contributed by atoms with Gasteiger partial charge in [0.15, 0.2) is 0 Å². The third-order valence-corrected chi connectivity index (χ3v) is 4.09. The molecule has 0 fully saturated rings. The zero-order chi connectivity index (χ0) is 16.9. The molecule has 0 radical (unpaired) electrons. The van der Waals surface area contributed by atoms with Crippen LogP contribution < -0.4 is 5.32 Å². The standard InChI is InChI=1S/C18H16BrN3O2/c1-2-12-3-5-13(6-4-12)11-16(23)20-18-22-21-17(24-18)14-7-9-15(19)10-8-14/h3-10H,2,11H2,1H3,(H,20,22,23). The van der Waals surface area contributed by atoms with Gasteiger partial charge in [-0.3, -0.25) is 10.1 Å². The minimum Gasteiger partial charge on any atom is -0.403 e. The third kappa shape index (κ3) is 4.08. The molecule has 1 aromatic heterocycles. The van der Waals surface area contributed by atoms with E-state index in [1.165, 1.54) is 5.56 Å². The number of hydrogen-bond donors (Lipinski definition) is 1. The van der Waals surface area contributed by atoms with Gasteiger partial charge in [-0.1, -0.05) is 52.2 Å². The molecule has 0 atom stereocenters. The Kier molecular flexibility index (Phi) is 5.05. The third-order valence-electron chi connectivity index (χ3n) is 3.56. The van der Waals surface area contributed by atoms with Crippen LogP contribution in [0.2, 0.25) is 0 Å². The van der Waals surface area contributed by atoms with Crippen LogP contribution in [0.15, 0.2) is 57.4 Å². The van der Waals surface area contributed by atoms with Crippen LogP contribution in [0, 0.1) is 0 Å². The molecule has 3 aromatic rings. The molecule has 0 saturated carbocycles. The molecule has 0 aliphatic rings. The topological polar surface area (TPSA) is 68.0 Å². The maximum absolute atomic E-state index is 12.1. The van der Waals surface area contributed by atoms with Crippen LogP contribution >= 0.6 is 15.9 Å². The molecule has 0 spiro atoms. The molecule has 1 heterocycles. The number of anilines is 1. The molecule has 0 unspecified atom stereocenters. The van der Waals surface area contributed by atoms with E-state index < -0.39 is 0 Å². The predicted molar refractivity (Wildman–Crippen MR) is 95.6 cm³/mol. The zero-order valence-corrected chi connectivity index (χ0v) is 14.7. The van der Waals surface area contributed by atoms with Crippen LogP contribution in [0.5, 0.6) is 0 Å². The van der Waals surface area contributed by atoms with E-state index in [1.807, 2.05) is 48.5 Å². The van der Waals surface area contributed by atoms with E-state index in [4.69, 9.17) is 4.42 Å². The Balaban J connectivity index is 1.63. The lowest BCUT2D eigenvalue weighted by Gasteiger charge is -2.02. The van der Waals surface area contributed by atoms with Gasteiger partial charge in [0.2, 0.25) is 11.8 Å². The van der Waals surface area contributed by atoms with Crippen molar-refractivity contribution < 1.29 is 9.21 Å². The van der Waals surface area contributed by atoms with Crippen molar-refractivity contribution >= 4 is 27.9 Å². The predicted octanol–water partition coefficient (Wildman–Crippen LogP) is 4.24. The highest BCUT2D eigenvalue weighted by atomic mass is 79.9. The second-order valence-electron chi connectivity index (χ2n) is 5.31. The molecule has 5 nitrogen and oxygen atoms in total. The monoisotopic (exact) mass is 385 g/mol. The molecule has 6 heteroatoms. The summed E-state index contributed by atoms with van der Waals surface area (Å²) in [5.74, 6) is 0.176. The van der Waals surface area contributed by atoms with Crippen LogP contribution in [0.1, 0.15) is 18.1 Å². The number of benzene rings is 2. The van der Waals surface area contributed by atoms with Gasteiger partial charge < -0.3 is 4.42 Å². The van der Waals surface area contributed by atoms with Crippen LogP contribution in [-0.4, -0.2) is 16.1 Å². The second kappa shape index (κ2) is 7.40. The fourth-order valence-corrected chi connectivity index (χ4v) is 2.49. The van der Waals surface area contributed by atoms with E-state index in [2.05, 4.69) is 38.4 Å². The SMILES string of the molecule is CCc1ccc(CC(=O)Nc2nnc(-c3ccc(Br)cc3)o2)cc1. The maximum atomic E-state index is 12.1. The molecule has 0 aliphatic carbocycles. The first-order chi connectivity index (χ1) is 11.6. The molecule has 0 saturated heterocycles. The lowest BCUT2D eigenvalue weighted by molar-refractivity contribution is -0.115. The Morgan fingerprint density at radius 3 is 2.38 bits per heavy atom. The van der Waals surface area contributed by atoms with E-state index in [1.54, 1.807) is 0 Å². The molecule has 24 heavy (non-hydrogen) atoms. The molecular formula is C18H16BrN3O2. The van der Waals surface area contributed by atoms with Gasteiger partial charge in [-0.05, 0) is 41.8 Å². The first kappa shape index (κ1) is 16.4. The number of hydrogen-bond acceptors (Lipinski definition) is 4. The molecule has 0 bridgehead atoms. The lowest BCUT2D eigenvalue weighted by Crippen LogP contribution is -2.14.